The molecule has 3 aromatic carbocycles. The molecule has 3 aromatic rings. The summed E-state index contributed by atoms with van der Waals surface area (Å²) in [5, 5.41) is 0. The highest BCUT2D eigenvalue weighted by Gasteiger charge is 2.22. The minimum absolute atomic E-state index is 0.388. The molecule has 0 unspecified atom stereocenters. The van der Waals surface area contributed by atoms with Crippen LogP contribution in [0.2, 0.25) is 0 Å². The molecular weight excluding hydrogens is 636 g/mol. The predicted octanol–water partition coefficient (Wildman–Crippen LogP) is 14.8. The van der Waals surface area contributed by atoms with E-state index < -0.39 is 0 Å². The van der Waals surface area contributed by atoms with Crippen LogP contribution in [0.4, 0.5) is 0 Å². The lowest BCUT2D eigenvalue weighted by molar-refractivity contribution is 0.666. The summed E-state index contributed by atoms with van der Waals surface area (Å²) in [7, 11) is 0.388. The molecule has 0 fully saturated rings. The van der Waals surface area contributed by atoms with E-state index in [9.17, 15) is 0 Å². The maximum absolute atomic E-state index is 4.35. The number of benzene rings is 3. The average molecular weight is 693 g/mol. The van der Waals surface area contributed by atoms with Gasteiger partial charge in [-0.25, -0.2) is 0 Å². The van der Waals surface area contributed by atoms with Gasteiger partial charge in [0.05, 0.1) is 0 Å². The summed E-state index contributed by atoms with van der Waals surface area (Å²) < 4.78 is 0. The molecule has 254 valence electrons. The minimum Gasteiger partial charge on any atom is -0.113 e. The quantitative estimate of drug-likeness (QED) is 0.0823. The smallest absolute Gasteiger partial charge is 0.0203 e. The molecule has 0 saturated heterocycles. The normalized spacial score (nSPS) is 14.2. The predicted molar refractivity (Wildman–Crippen MR) is 221 cm³/mol. The third-order valence-corrected chi connectivity index (χ3v) is 12.6. The Balaban J connectivity index is 0.000000179. The highest BCUT2D eigenvalue weighted by Crippen LogP contribution is 2.48. The van der Waals surface area contributed by atoms with Crippen molar-refractivity contribution in [1.29, 1.82) is 0 Å². The molecule has 0 aromatic heterocycles. The third-order valence-electron chi connectivity index (χ3n) is 9.05. The second-order valence-electron chi connectivity index (χ2n) is 13.3. The van der Waals surface area contributed by atoms with Crippen molar-refractivity contribution >= 4 is 42.6 Å². The minimum atomic E-state index is 0.388. The van der Waals surface area contributed by atoms with Crippen LogP contribution in [0.25, 0.3) is 11.1 Å². The van der Waals surface area contributed by atoms with Crippen molar-refractivity contribution < 1.29 is 0 Å². The molecule has 0 atom stereocenters. The summed E-state index contributed by atoms with van der Waals surface area (Å²) >= 11 is 3.78. The maximum Gasteiger partial charge on any atom is 0.0203 e. The van der Waals surface area contributed by atoms with Crippen molar-refractivity contribution in [2.45, 2.75) is 106 Å². The van der Waals surface area contributed by atoms with E-state index >= 15 is 0 Å². The van der Waals surface area contributed by atoms with E-state index in [1.165, 1.54) is 116 Å². The topological polar surface area (TPSA) is 0 Å². The molecule has 0 N–H and O–H groups in total. The van der Waals surface area contributed by atoms with Gasteiger partial charge in [-0.1, -0.05) is 143 Å². The molecule has 0 radical (unpaired) electrons. The molecule has 0 amide bonds. The zero-order valence-electron chi connectivity index (χ0n) is 30.1. The molecule has 1 aliphatic carbocycles. The van der Waals surface area contributed by atoms with E-state index in [2.05, 4.69) is 120 Å². The standard InChI is InChI=1S/C20H24S.C18H16S.C7H17P/c1-3-4-5-6-9-16-12-13-18-15(2)17-10-7-8-11-19(17)21-20(18)14-16;1-3-4-7-14-10-11-16-13(2)15-8-5-6-9-17(15)19-18(16)12-14;1-4-5-6-7-8(2)3/h8,11-14H,2-7,9-10H2,1H3;3,5-6,8-12H,1-2,4,7H2;4-7H2,1-3H3. The summed E-state index contributed by atoms with van der Waals surface area (Å²) in [5.41, 5.74) is 10.6. The second-order valence-corrected chi connectivity index (χ2v) is 18.0. The van der Waals surface area contributed by atoms with Crippen LogP contribution in [0, 0.1) is 0 Å². The Hall–Kier alpha value is -2.51. The summed E-state index contributed by atoms with van der Waals surface area (Å²) in [5.74, 6) is 0. The fourth-order valence-electron chi connectivity index (χ4n) is 6.20. The van der Waals surface area contributed by atoms with Crippen molar-refractivity contribution in [3.05, 3.63) is 137 Å². The molecule has 0 spiro atoms. The Labute approximate surface area is 303 Å². The van der Waals surface area contributed by atoms with Crippen molar-refractivity contribution in [3.8, 4) is 0 Å². The van der Waals surface area contributed by atoms with Crippen LogP contribution in [0.3, 0.4) is 0 Å². The van der Waals surface area contributed by atoms with Crippen LogP contribution < -0.4 is 0 Å². The molecule has 0 nitrogen and oxygen atoms in total. The molecule has 2 aliphatic heterocycles. The Morgan fingerprint density at radius 2 is 1.35 bits per heavy atom. The third kappa shape index (κ3) is 11.0. The first-order valence-corrected chi connectivity index (χ1v) is 22.2. The van der Waals surface area contributed by atoms with Gasteiger partial charge < -0.3 is 0 Å². The zero-order chi connectivity index (χ0) is 34.3. The molecule has 2 heterocycles. The summed E-state index contributed by atoms with van der Waals surface area (Å²) in [6.45, 7) is 21.6. The molecule has 3 aliphatic rings. The van der Waals surface area contributed by atoms with Crippen LogP contribution in [0.5, 0.6) is 0 Å². The number of fused-ring (bicyclic) bond motifs is 3. The lowest BCUT2D eigenvalue weighted by Crippen LogP contribution is -2.03. The van der Waals surface area contributed by atoms with Gasteiger partial charge in [0, 0.05) is 19.6 Å². The van der Waals surface area contributed by atoms with Gasteiger partial charge in [-0.05, 0) is 127 Å². The SMILES string of the molecule is C=C1C2=C(C=CCC2)Sc2cc(CCCCCC)ccc21.C=CCCc1ccc2c(c1)Sc1ccccc1C2=C.CCCCCP(C)C. The molecule has 48 heavy (non-hydrogen) atoms. The number of hydrogen-bond donors (Lipinski definition) is 0. The van der Waals surface area contributed by atoms with Gasteiger partial charge in [0.2, 0.25) is 0 Å². The van der Waals surface area contributed by atoms with Crippen LogP contribution in [-0.2, 0) is 12.8 Å². The lowest BCUT2D eigenvalue weighted by atomic mass is 9.91. The highest BCUT2D eigenvalue weighted by molar-refractivity contribution is 8.03. The number of aryl methyl sites for hydroxylation is 2. The Morgan fingerprint density at radius 1 is 0.708 bits per heavy atom. The largest absolute Gasteiger partial charge is 0.113 e. The van der Waals surface area contributed by atoms with E-state index in [0.29, 0.717) is 7.92 Å². The van der Waals surface area contributed by atoms with Crippen molar-refractivity contribution in [1.82, 2.24) is 0 Å². The summed E-state index contributed by atoms with van der Waals surface area (Å²) in [4.78, 5) is 5.45. The number of unbranched alkanes of at least 4 members (excludes halogenated alkanes) is 5. The summed E-state index contributed by atoms with van der Waals surface area (Å²) in [6.07, 6.45) is 23.2. The van der Waals surface area contributed by atoms with E-state index in [0.717, 1.165) is 31.3 Å². The zero-order valence-corrected chi connectivity index (χ0v) is 32.6. The maximum atomic E-state index is 4.35. The second kappa shape index (κ2) is 20.2. The van der Waals surface area contributed by atoms with Crippen molar-refractivity contribution in [2.24, 2.45) is 0 Å². The van der Waals surface area contributed by atoms with E-state index in [1.54, 1.807) is 0 Å². The van der Waals surface area contributed by atoms with Gasteiger partial charge in [-0.2, -0.15) is 0 Å². The van der Waals surface area contributed by atoms with Gasteiger partial charge in [0.1, 0.15) is 0 Å². The van der Waals surface area contributed by atoms with Crippen molar-refractivity contribution in [3.63, 3.8) is 0 Å². The molecular formula is C45H57PS2. The van der Waals surface area contributed by atoms with Gasteiger partial charge in [0.15, 0.2) is 0 Å². The Bertz CT molecular complexity index is 1600. The average Bonchev–Trinajstić information content (AvgIpc) is 3.10. The number of allylic oxidation sites excluding steroid dienone is 5. The van der Waals surface area contributed by atoms with Crippen LogP contribution in [0.1, 0.15) is 106 Å². The van der Waals surface area contributed by atoms with Crippen molar-refractivity contribution in [2.75, 3.05) is 19.5 Å². The summed E-state index contributed by atoms with van der Waals surface area (Å²) in [6, 6.07) is 22.2. The van der Waals surface area contributed by atoms with E-state index in [4.69, 9.17) is 0 Å². The molecule has 0 bridgehead atoms. The monoisotopic (exact) mass is 692 g/mol. The number of rotatable bonds is 12. The number of hydrogen-bond acceptors (Lipinski definition) is 2. The van der Waals surface area contributed by atoms with Gasteiger partial charge >= 0.3 is 0 Å². The van der Waals surface area contributed by atoms with Gasteiger partial charge in [-0.15, -0.1) is 14.5 Å². The first-order valence-electron chi connectivity index (χ1n) is 18.1. The highest BCUT2D eigenvalue weighted by atomic mass is 32.2. The van der Waals surface area contributed by atoms with Crippen LogP contribution in [0.15, 0.2) is 124 Å². The lowest BCUT2D eigenvalue weighted by Gasteiger charge is -2.25. The van der Waals surface area contributed by atoms with Crippen LogP contribution in [-0.4, -0.2) is 19.5 Å². The molecule has 0 saturated carbocycles. The molecule has 3 heteroatoms. The molecule has 6 rings (SSSR count). The van der Waals surface area contributed by atoms with E-state index in [1.807, 2.05) is 29.6 Å². The van der Waals surface area contributed by atoms with Gasteiger partial charge in [0.25, 0.3) is 0 Å². The first-order chi connectivity index (χ1) is 23.4. The fraction of sp³-hybridized carbons (Fsp3) is 0.378. The first kappa shape index (κ1) is 38.3. The fourth-order valence-corrected chi connectivity index (χ4v) is 9.51. The van der Waals surface area contributed by atoms with E-state index in [-0.39, 0.29) is 0 Å². The van der Waals surface area contributed by atoms with Crippen LogP contribution >= 0.6 is 31.4 Å². The van der Waals surface area contributed by atoms with Gasteiger partial charge in [-0.3, -0.25) is 0 Å². The number of thioether (sulfide) groups is 1. The Morgan fingerprint density at radius 3 is 2.06 bits per heavy atom. The Kier molecular flexibility index (Phi) is 16.1.